The summed E-state index contributed by atoms with van der Waals surface area (Å²) in [6.45, 7) is 2.15. The SMILES string of the molecule is NC1CCCC(CNCc2cccs2)C1. The van der Waals surface area contributed by atoms with E-state index in [1.165, 1.54) is 30.6 Å². The van der Waals surface area contributed by atoms with Gasteiger partial charge in [-0.2, -0.15) is 0 Å². The van der Waals surface area contributed by atoms with Crippen LogP contribution in [-0.4, -0.2) is 12.6 Å². The van der Waals surface area contributed by atoms with Crippen LogP contribution < -0.4 is 11.1 Å². The largest absolute Gasteiger partial charge is 0.328 e. The average Bonchev–Trinajstić information content (AvgIpc) is 2.71. The maximum atomic E-state index is 5.97. The Morgan fingerprint density at radius 3 is 3.13 bits per heavy atom. The molecule has 1 fully saturated rings. The minimum atomic E-state index is 0.451. The minimum Gasteiger partial charge on any atom is -0.328 e. The van der Waals surface area contributed by atoms with Gasteiger partial charge in [0, 0.05) is 17.5 Å². The van der Waals surface area contributed by atoms with Crippen LogP contribution in [0.4, 0.5) is 0 Å². The van der Waals surface area contributed by atoms with E-state index in [0.29, 0.717) is 6.04 Å². The first-order valence-electron chi connectivity index (χ1n) is 5.83. The zero-order valence-corrected chi connectivity index (χ0v) is 9.93. The van der Waals surface area contributed by atoms with E-state index in [4.69, 9.17) is 5.73 Å². The molecule has 1 heterocycles. The maximum absolute atomic E-state index is 5.97. The number of hydrogen-bond acceptors (Lipinski definition) is 3. The van der Waals surface area contributed by atoms with E-state index in [1.807, 2.05) is 11.3 Å². The zero-order valence-electron chi connectivity index (χ0n) is 9.11. The van der Waals surface area contributed by atoms with Crippen molar-refractivity contribution >= 4 is 11.3 Å². The molecule has 2 unspecified atom stereocenters. The Kier molecular flexibility index (Phi) is 4.18. The smallest absolute Gasteiger partial charge is 0.0299 e. The van der Waals surface area contributed by atoms with Gasteiger partial charge in [0.25, 0.3) is 0 Å². The van der Waals surface area contributed by atoms with Crippen molar-refractivity contribution in [2.75, 3.05) is 6.54 Å². The summed E-state index contributed by atoms with van der Waals surface area (Å²) in [5, 5.41) is 5.67. The lowest BCUT2D eigenvalue weighted by Gasteiger charge is -2.26. The molecule has 0 saturated heterocycles. The first kappa shape index (κ1) is 11.1. The molecule has 2 rings (SSSR count). The topological polar surface area (TPSA) is 38.0 Å². The van der Waals surface area contributed by atoms with E-state index in [-0.39, 0.29) is 0 Å². The summed E-state index contributed by atoms with van der Waals surface area (Å²) in [5.74, 6) is 0.800. The van der Waals surface area contributed by atoms with E-state index in [1.54, 1.807) is 0 Å². The fourth-order valence-corrected chi connectivity index (χ4v) is 3.01. The molecule has 0 amide bonds. The Hall–Kier alpha value is -0.380. The van der Waals surface area contributed by atoms with Crippen LogP contribution >= 0.6 is 11.3 Å². The summed E-state index contributed by atoms with van der Waals surface area (Å²) < 4.78 is 0. The highest BCUT2D eigenvalue weighted by Crippen LogP contribution is 2.22. The zero-order chi connectivity index (χ0) is 10.5. The van der Waals surface area contributed by atoms with E-state index < -0.39 is 0 Å². The van der Waals surface area contributed by atoms with Gasteiger partial charge in [0.2, 0.25) is 0 Å². The van der Waals surface area contributed by atoms with Gasteiger partial charge in [-0.15, -0.1) is 11.3 Å². The number of hydrogen-bond donors (Lipinski definition) is 2. The summed E-state index contributed by atoms with van der Waals surface area (Å²) in [6, 6.07) is 4.75. The molecule has 1 aromatic rings. The van der Waals surface area contributed by atoms with Crippen molar-refractivity contribution in [2.24, 2.45) is 11.7 Å². The average molecular weight is 224 g/mol. The van der Waals surface area contributed by atoms with E-state index >= 15 is 0 Å². The Balaban J connectivity index is 1.65. The molecule has 1 aromatic heterocycles. The second-order valence-electron chi connectivity index (χ2n) is 4.50. The molecule has 3 N–H and O–H groups in total. The van der Waals surface area contributed by atoms with Crippen LogP contribution in [0.1, 0.15) is 30.6 Å². The first-order valence-corrected chi connectivity index (χ1v) is 6.71. The molecule has 1 saturated carbocycles. The maximum Gasteiger partial charge on any atom is 0.0299 e. The normalized spacial score (nSPS) is 26.7. The van der Waals surface area contributed by atoms with Crippen molar-refractivity contribution in [1.29, 1.82) is 0 Å². The number of thiophene rings is 1. The van der Waals surface area contributed by atoms with Crippen LogP contribution in [0.25, 0.3) is 0 Å². The molecule has 0 aromatic carbocycles. The predicted molar refractivity (Wildman–Crippen MR) is 66.0 cm³/mol. The summed E-state index contributed by atoms with van der Waals surface area (Å²) in [5.41, 5.74) is 5.97. The van der Waals surface area contributed by atoms with Gasteiger partial charge < -0.3 is 11.1 Å². The van der Waals surface area contributed by atoms with Crippen LogP contribution in [0.2, 0.25) is 0 Å². The lowest BCUT2D eigenvalue weighted by molar-refractivity contribution is 0.310. The molecule has 84 valence electrons. The Bertz CT molecular complexity index is 271. The highest BCUT2D eigenvalue weighted by atomic mass is 32.1. The molecule has 3 heteroatoms. The molecular weight excluding hydrogens is 204 g/mol. The third-order valence-electron chi connectivity index (χ3n) is 3.14. The summed E-state index contributed by atoms with van der Waals surface area (Å²) in [6.07, 6.45) is 5.09. The molecule has 15 heavy (non-hydrogen) atoms. The standard InChI is InChI=1S/C12H20N2S/c13-11-4-1-3-10(7-11)8-14-9-12-5-2-6-15-12/h2,5-6,10-11,14H,1,3-4,7-9,13H2. The van der Waals surface area contributed by atoms with Crippen LogP contribution in [0, 0.1) is 5.92 Å². The van der Waals surface area contributed by atoms with Gasteiger partial charge in [-0.1, -0.05) is 12.5 Å². The van der Waals surface area contributed by atoms with E-state index in [0.717, 1.165) is 19.0 Å². The first-order chi connectivity index (χ1) is 7.34. The molecule has 2 nitrogen and oxygen atoms in total. The molecule has 1 aliphatic rings. The third kappa shape index (κ3) is 3.59. The molecule has 0 aliphatic heterocycles. The van der Waals surface area contributed by atoms with Crippen LogP contribution in [0.15, 0.2) is 17.5 Å². The van der Waals surface area contributed by atoms with Crippen LogP contribution in [-0.2, 0) is 6.54 Å². The lowest BCUT2D eigenvalue weighted by atomic mass is 9.86. The van der Waals surface area contributed by atoms with Gasteiger partial charge in [0.15, 0.2) is 0 Å². The highest BCUT2D eigenvalue weighted by Gasteiger charge is 2.18. The van der Waals surface area contributed by atoms with Crippen LogP contribution in [0.3, 0.4) is 0 Å². The van der Waals surface area contributed by atoms with Crippen molar-refractivity contribution in [2.45, 2.75) is 38.3 Å². The summed E-state index contributed by atoms with van der Waals surface area (Å²) in [7, 11) is 0. The number of nitrogens with two attached hydrogens (primary N) is 1. The molecule has 0 spiro atoms. The Morgan fingerprint density at radius 1 is 1.47 bits per heavy atom. The van der Waals surface area contributed by atoms with Gasteiger partial charge in [0.05, 0.1) is 0 Å². The van der Waals surface area contributed by atoms with Gasteiger partial charge in [-0.25, -0.2) is 0 Å². The second-order valence-corrected chi connectivity index (χ2v) is 5.54. The summed E-state index contributed by atoms with van der Waals surface area (Å²) in [4.78, 5) is 1.43. The molecule has 2 atom stereocenters. The fourth-order valence-electron chi connectivity index (χ4n) is 2.33. The number of nitrogens with one attached hydrogen (secondary N) is 1. The van der Waals surface area contributed by atoms with Gasteiger partial charge >= 0.3 is 0 Å². The number of rotatable bonds is 4. The third-order valence-corrected chi connectivity index (χ3v) is 4.01. The van der Waals surface area contributed by atoms with Gasteiger partial charge in [-0.05, 0) is 43.2 Å². The molecular formula is C12H20N2S. The summed E-state index contributed by atoms with van der Waals surface area (Å²) >= 11 is 1.82. The van der Waals surface area contributed by atoms with E-state index in [2.05, 4.69) is 22.8 Å². The van der Waals surface area contributed by atoms with Crippen molar-refractivity contribution < 1.29 is 0 Å². The van der Waals surface area contributed by atoms with E-state index in [9.17, 15) is 0 Å². The van der Waals surface area contributed by atoms with Crippen molar-refractivity contribution in [3.8, 4) is 0 Å². The van der Waals surface area contributed by atoms with Crippen LogP contribution in [0.5, 0.6) is 0 Å². The second kappa shape index (κ2) is 5.64. The van der Waals surface area contributed by atoms with Crippen molar-refractivity contribution in [1.82, 2.24) is 5.32 Å². The monoisotopic (exact) mass is 224 g/mol. The fraction of sp³-hybridized carbons (Fsp3) is 0.667. The van der Waals surface area contributed by atoms with Crippen molar-refractivity contribution in [3.63, 3.8) is 0 Å². The Labute approximate surface area is 95.9 Å². The minimum absolute atomic E-state index is 0.451. The Morgan fingerprint density at radius 2 is 2.40 bits per heavy atom. The van der Waals surface area contributed by atoms with Crippen molar-refractivity contribution in [3.05, 3.63) is 22.4 Å². The predicted octanol–water partition coefficient (Wildman–Crippen LogP) is 2.36. The van der Waals surface area contributed by atoms with Gasteiger partial charge in [0.1, 0.15) is 0 Å². The highest BCUT2D eigenvalue weighted by molar-refractivity contribution is 7.09. The van der Waals surface area contributed by atoms with Gasteiger partial charge in [-0.3, -0.25) is 0 Å². The lowest BCUT2D eigenvalue weighted by Crippen LogP contribution is -2.33. The molecule has 1 aliphatic carbocycles. The quantitative estimate of drug-likeness (QED) is 0.824. The molecule has 0 bridgehead atoms. The molecule has 0 radical (unpaired) electrons.